The van der Waals surface area contributed by atoms with Gasteiger partial charge in [0.1, 0.15) is 0 Å². The minimum atomic E-state index is -0.152. The van der Waals surface area contributed by atoms with Gasteiger partial charge in [0.05, 0.1) is 6.61 Å². The van der Waals surface area contributed by atoms with E-state index in [1.54, 1.807) is 0 Å². The van der Waals surface area contributed by atoms with Crippen LogP contribution in [-0.4, -0.2) is 12.6 Å². The zero-order chi connectivity index (χ0) is 15.7. The van der Waals surface area contributed by atoms with E-state index in [1.165, 1.54) is 25.7 Å². The summed E-state index contributed by atoms with van der Waals surface area (Å²) in [6, 6.07) is 0. The van der Waals surface area contributed by atoms with Crippen LogP contribution in [0.2, 0.25) is 0 Å². The van der Waals surface area contributed by atoms with E-state index in [1.807, 2.05) is 0 Å². The highest BCUT2D eigenvalue weighted by Crippen LogP contribution is 2.69. The Morgan fingerprint density at radius 1 is 1.24 bits per heavy atom. The van der Waals surface area contributed by atoms with Gasteiger partial charge in [-0.1, -0.05) is 53.5 Å². The summed E-state index contributed by atoms with van der Waals surface area (Å²) in [6.07, 6.45) is 8.19. The molecule has 0 aromatic rings. The van der Waals surface area contributed by atoms with Gasteiger partial charge >= 0.3 is 5.97 Å². The topological polar surface area (TPSA) is 26.3 Å². The van der Waals surface area contributed by atoms with Crippen molar-refractivity contribution < 1.29 is 9.53 Å². The molecule has 2 fully saturated rings. The number of carbonyl (C=O) groups is 1. The molecule has 3 atom stereocenters. The van der Waals surface area contributed by atoms with Crippen molar-refractivity contribution in [3.63, 3.8) is 0 Å². The molecular weight excluding hydrogens is 260 g/mol. The van der Waals surface area contributed by atoms with Crippen LogP contribution in [0.25, 0.3) is 0 Å². The van der Waals surface area contributed by atoms with Gasteiger partial charge in [-0.2, -0.15) is 0 Å². The second-order valence-corrected chi connectivity index (χ2v) is 7.88. The number of fused-ring (bicyclic) bond motifs is 2. The van der Waals surface area contributed by atoms with Gasteiger partial charge in [0.2, 0.25) is 0 Å². The van der Waals surface area contributed by atoms with Crippen molar-refractivity contribution >= 4 is 5.97 Å². The van der Waals surface area contributed by atoms with Crippen LogP contribution in [0.15, 0.2) is 12.2 Å². The maximum atomic E-state index is 12.3. The Morgan fingerprint density at radius 3 is 2.48 bits per heavy atom. The van der Waals surface area contributed by atoms with E-state index in [-0.39, 0.29) is 11.4 Å². The number of esters is 1. The summed E-state index contributed by atoms with van der Waals surface area (Å²) in [5, 5.41) is 0. The average Bonchev–Trinajstić information content (AvgIpc) is 2.78. The molecule has 2 saturated carbocycles. The minimum absolute atomic E-state index is 0.152. The fraction of sp³-hybridized carbons (Fsp3) is 0.842. The minimum Gasteiger partial charge on any atom is -0.462 e. The maximum absolute atomic E-state index is 12.3. The number of unbranched alkanes of at least 4 members (excludes halogenated alkanes) is 3. The van der Waals surface area contributed by atoms with Crippen molar-refractivity contribution in [3.05, 3.63) is 12.2 Å². The second-order valence-electron chi connectivity index (χ2n) is 7.88. The molecule has 2 aliphatic rings. The van der Waals surface area contributed by atoms with Crippen LogP contribution in [0.1, 0.15) is 72.6 Å². The Labute approximate surface area is 130 Å². The highest BCUT2D eigenvalue weighted by Gasteiger charge is 2.62. The molecule has 0 aromatic carbocycles. The monoisotopic (exact) mass is 292 g/mol. The van der Waals surface area contributed by atoms with E-state index in [2.05, 4.69) is 34.3 Å². The Bertz CT molecular complexity index is 410. The van der Waals surface area contributed by atoms with Gasteiger partial charge in [-0.05, 0) is 48.3 Å². The lowest BCUT2D eigenvalue weighted by Crippen LogP contribution is -2.34. The van der Waals surface area contributed by atoms with Gasteiger partial charge in [0.15, 0.2) is 0 Å². The fourth-order valence-electron chi connectivity index (χ4n) is 4.66. The molecule has 0 spiro atoms. The molecule has 2 rings (SSSR count). The van der Waals surface area contributed by atoms with Crippen LogP contribution in [0.5, 0.6) is 0 Å². The van der Waals surface area contributed by atoms with Gasteiger partial charge in [-0.25, -0.2) is 4.79 Å². The predicted molar refractivity (Wildman–Crippen MR) is 87.0 cm³/mol. The van der Waals surface area contributed by atoms with Crippen molar-refractivity contribution in [2.75, 3.05) is 6.61 Å². The van der Waals surface area contributed by atoms with Crippen molar-refractivity contribution in [1.82, 2.24) is 0 Å². The van der Waals surface area contributed by atoms with Crippen LogP contribution in [0.4, 0.5) is 0 Å². The molecule has 2 bridgehead atoms. The molecule has 2 nitrogen and oxygen atoms in total. The van der Waals surface area contributed by atoms with E-state index < -0.39 is 0 Å². The summed E-state index contributed by atoms with van der Waals surface area (Å²) < 4.78 is 5.45. The zero-order valence-corrected chi connectivity index (χ0v) is 14.3. The van der Waals surface area contributed by atoms with Gasteiger partial charge < -0.3 is 4.74 Å². The van der Waals surface area contributed by atoms with Crippen molar-refractivity contribution in [3.8, 4) is 0 Å². The summed E-state index contributed by atoms with van der Waals surface area (Å²) in [5.41, 5.74) is 1.26. The van der Waals surface area contributed by atoms with Crippen LogP contribution >= 0.6 is 0 Å². The third-order valence-electron chi connectivity index (χ3n) is 6.71. The largest absolute Gasteiger partial charge is 0.462 e. The Morgan fingerprint density at radius 2 is 1.95 bits per heavy atom. The summed E-state index contributed by atoms with van der Waals surface area (Å²) in [7, 11) is 0. The summed E-state index contributed by atoms with van der Waals surface area (Å²) in [4.78, 5) is 12.3. The molecule has 0 heterocycles. The molecular formula is C19H32O2. The lowest BCUT2D eigenvalue weighted by atomic mass is 9.65. The first kappa shape index (κ1) is 16.6. The first-order chi connectivity index (χ1) is 9.84. The smallest absolute Gasteiger partial charge is 0.333 e. The van der Waals surface area contributed by atoms with Crippen LogP contribution in [-0.2, 0) is 9.53 Å². The van der Waals surface area contributed by atoms with E-state index >= 15 is 0 Å². The lowest BCUT2D eigenvalue weighted by molar-refractivity contribution is -0.140. The Balaban J connectivity index is 1.88. The summed E-state index contributed by atoms with van der Waals surface area (Å²) in [5.74, 6) is 0.900. The predicted octanol–water partition coefficient (Wildman–Crippen LogP) is 5.13. The molecule has 2 aliphatic carbocycles. The summed E-state index contributed by atoms with van der Waals surface area (Å²) >= 11 is 0. The van der Waals surface area contributed by atoms with Gasteiger partial charge in [-0.3, -0.25) is 0 Å². The van der Waals surface area contributed by atoms with Crippen LogP contribution < -0.4 is 0 Å². The lowest BCUT2D eigenvalue weighted by Gasteiger charge is -2.39. The molecule has 2 heteroatoms. The standard InChI is InChI=1S/C19H32O2/c1-6-7-8-9-12-21-17(20)14(2)16-13-15-10-11-19(16,5)18(15,3)4/h15-16H,2,6-13H2,1,3-5H3/t15-,16?,19-/m1/s1. The SMILES string of the molecule is C=C(C(=O)OCCCCCC)C1C[C@H]2CC[C@@]1(C)C2(C)C. The molecule has 0 radical (unpaired) electrons. The molecule has 0 N–H and O–H groups in total. The number of carbonyl (C=O) groups excluding carboxylic acids is 1. The van der Waals surface area contributed by atoms with Gasteiger partial charge in [0, 0.05) is 5.57 Å². The first-order valence-electron chi connectivity index (χ1n) is 8.70. The molecule has 0 saturated heterocycles. The highest BCUT2D eigenvalue weighted by atomic mass is 16.5. The van der Waals surface area contributed by atoms with E-state index in [4.69, 9.17) is 4.74 Å². The van der Waals surface area contributed by atoms with Crippen LogP contribution in [0, 0.1) is 22.7 Å². The van der Waals surface area contributed by atoms with Gasteiger partial charge in [-0.15, -0.1) is 0 Å². The molecule has 0 aromatic heterocycles. The zero-order valence-electron chi connectivity index (χ0n) is 14.3. The Hall–Kier alpha value is -0.790. The third-order valence-corrected chi connectivity index (χ3v) is 6.71. The second kappa shape index (κ2) is 6.14. The third kappa shape index (κ3) is 2.78. The number of hydrogen-bond donors (Lipinski definition) is 0. The van der Waals surface area contributed by atoms with Crippen molar-refractivity contribution in [1.29, 1.82) is 0 Å². The maximum Gasteiger partial charge on any atom is 0.333 e. The number of hydrogen-bond acceptors (Lipinski definition) is 2. The molecule has 0 aliphatic heterocycles. The highest BCUT2D eigenvalue weighted by molar-refractivity contribution is 5.88. The quantitative estimate of drug-likeness (QED) is 0.369. The first-order valence-corrected chi connectivity index (χ1v) is 8.70. The van der Waals surface area contributed by atoms with E-state index in [0.29, 0.717) is 17.9 Å². The number of ether oxygens (including phenoxy) is 1. The van der Waals surface area contributed by atoms with Crippen LogP contribution in [0.3, 0.4) is 0 Å². The Kier molecular flexibility index (Phi) is 4.85. The molecule has 120 valence electrons. The summed E-state index contributed by atoms with van der Waals surface area (Å²) in [6.45, 7) is 13.9. The van der Waals surface area contributed by atoms with Gasteiger partial charge in [0.25, 0.3) is 0 Å². The number of rotatable bonds is 7. The van der Waals surface area contributed by atoms with Crippen molar-refractivity contribution in [2.45, 2.75) is 72.6 Å². The molecule has 1 unspecified atom stereocenters. The molecule has 21 heavy (non-hydrogen) atoms. The molecule has 0 amide bonds. The van der Waals surface area contributed by atoms with E-state index in [0.717, 1.165) is 30.8 Å². The van der Waals surface area contributed by atoms with Crippen molar-refractivity contribution in [2.24, 2.45) is 22.7 Å². The average molecular weight is 292 g/mol. The normalized spacial score (nSPS) is 33.1. The fourth-order valence-corrected chi connectivity index (χ4v) is 4.66. The van der Waals surface area contributed by atoms with E-state index in [9.17, 15) is 4.79 Å².